The minimum atomic E-state index is -0.854. The summed E-state index contributed by atoms with van der Waals surface area (Å²) in [5, 5.41) is 36.4. The Morgan fingerprint density at radius 1 is 1.26 bits per heavy atom. The highest BCUT2D eigenvalue weighted by Crippen LogP contribution is 2.12. The van der Waals surface area contributed by atoms with E-state index in [0.29, 0.717) is 5.82 Å². The average Bonchev–Trinajstić information content (AvgIpc) is 3.18. The summed E-state index contributed by atoms with van der Waals surface area (Å²) in [5.74, 6) is 0.465. The molecule has 0 aliphatic rings. The first kappa shape index (κ1) is 14.8. The third-order valence-electron chi connectivity index (χ3n) is 3.09. The zero-order valence-electron chi connectivity index (χ0n) is 11.9. The zero-order chi connectivity index (χ0) is 16.2. The summed E-state index contributed by atoms with van der Waals surface area (Å²) in [6.45, 7) is 0.198. The number of aromatic nitrogens is 6. The molecule has 0 saturated carbocycles. The maximum absolute atomic E-state index is 10.6. The summed E-state index contributed by atoms with van der Waals surface area (Å²) in [5.41, 5.74) is 0.707. The van der Waals surface area contributed by atoms with Gasteiger partial charge in [-0.15, -0.1) is 10.2 Å². The Balaban J connectivity index is 1.62. The van der Waals surface area contributed by atoms with Crippen molar-refractivity contribution in [1.29, 1.82) is 0 Å². The lowest BCUT2D eigenvalue weighted by Crippen LogP contribution is -2.23. The van der Waals surface area contributed by atoms with E-state index in [1.807, 2.05) is 30.3 Å². The van der Waals surface area contributed by atoms with E-state index < -0.39 is 11.0 Å². The van der Waals surface area contributed by atoms with Gasteiger partial charge in [0.1, 0.15) is 12.4 Å². The molecule has 10 heteroatoms. The van der Waals surface area contributed by atoms with Crippen molar-refractivity contribution < 1.29 is 10.0 Å². The topological polar surface area (TPSA) is 125 Å². The normalized spacial score (nSPS) is 12.2. The minimum absolute atomic E-state index is 0.0933. The van der Waals surface area contributed by atoms with E-state index in [1.54, 1.807) is 0 Å². The molecule has 0 fully saturated rings. The predicted molar refractivity (Wildman–Crippen MR) is 78.1 cm³/mol. The fourth-order valence-electron chi connectivity index (χ4n) is 2.03. The Morgan fingerprint density at radius 2 is 2.04 bits per heavy atom. The molecule has 0 unspecified atom stereocenters. The quantitative estimate of drug-likeness (QED) is 0.519. The SMILES string of the molecule is O=[N+]([O-])c1cnn(C[C@@H](O)Cn2nnc(-c3ccccc3)n2)c1. The van der Waals surface area contributed by atoms with Crippen molar-refractivity contribution >= 4 is 5.69 Å². The van der Waals surface area contributed by atoms with Crippen molar-refractivity contribution in [2.75, 3.05) is 0 Å². The molecule has 0 spiro atoms. The Morgan fingerprint density at radius 3 is 2.74 bits per heavy atom. The van der Waals surface area contributed by atoms with Crippen LogP contribution in [0.2, 0.25) is 0 Å². The van der Waals surface area contributed by atoms with Crippen LogP contribution in [0.5, 0.6) is 0 Å². The van der Waals surface area contributed by atoms with E-state index in [1.165, 1.54) is 15.7 Å². The molecule has 23 heavy (non-hydrogen) atoms. The summed E-state index contributed by atoms with van der Waals surface area (Å²) >= 11 is 0. The van der Waals surface area contributed by atoms with Crippen LogP contribution in [0, 0.1) is 10.1 Å². The molecule has 1 N–H and O–H groups in total. The lowest BCUT2D eigenvalue weighted by atomic mass is 10.2. The highest BCUT2D eigenvalue weighted by Gasteiger charge is 2.14. The molecule has 0 amide bonds. The van der Waals surface area contributed by atoms with Crippen LogP contribution in [0.3, 0.4) is 0 Å². The van der Waals surface area contributed by atoms with E-state index >= 15 is 0 Å². The molecule has 0 aliphatic heterocycles. The second kappa shape index (κ2) is 6.32. The van der Waals surface area contributed by atoms with Crippen LogP contribution in [0.15, 0.2) is 42.7 Å². The highest BCUT2D eigenvalue weighted by atomic mass is 16.6. The Kier molecular flexibility index (Phi) is 4.06. The van der Waals surface area contributed by atoms with E-state index in [4.69, 9.17) is 0 Å². The number of rotatable bonds is 6. The largest absolute Gasteiger partial charge is 0.389 e. The molecule has 2 heterocycles. The molecule has 3 aromatic rings. The molecule has 3 rings (SSSR count). The second-order valence-electron chi connectivity index (χ2n) is 4.87. The third-order valence-corrected chi connectivity index (χ3v) is 3.09. The van der Waals surface area contributed by atoms with Crippen LogP contribution in [0.4, 0.5) is 5.69 Å². The van der Waals surface area contributed by atoms with Crippen LogP contribution in [0.1, 0.15) is 0 Å². The van der Waals surface area contributed by atoms with Crippen LogP contribution in [0.25, 0.3) is 11.4 Å². The first-order valence-corrected chi connectivity index (χ1v) is 6.80. The molecule has 0 aliphatic carbocycles. The van der Waals surface area contributed by atoms with E-state index in [9.17, 15) is 15.2 Å². The van der Waals surface area contributed by atoms with Gasteiger partial charge in [0.2, 0.25) is 5.82 Å². The molecule has 2 aromatic heterocycles. The predicted octanol–water partition coefficient (Wildman–Crippen LogP) is 0.506. The number of hydrogen-bond donors (Lipinski definition) is 1. The summed E-state index contributed by atoms with van der Waals surface area (Å²) in [6, 6.07) is 9.35. The maximum atomic E-state index is 10.6. The van der Waals surface area contributed by atoms with Crippen LogP contribution in [-0.4, -0.2) is 46.1 Å². The van der Waals surface area contributed by atoms with Gasteiger partial charge in [-0.25, -0.2) is 0 Å². The van der Waals surface area contributed by atoms with Gasteiger partial charge < -0.3 is 5.11 Å². The van der Waals surface area contributed by atoms with Gasteiger partial charge in [0.05, 0.1) is 24.1 Å². The van der Waals surface area contributed by atoms with Gasteiger partial charge in [-0.3, -0.25) is 14.8 Å². The number of tetrazole rings is 1. The smallest absolute Gasteiger partial charge is 0.306 e. The number of aliphatic hydroxyl groups excluding tert-OH is 1. The Hall–Kier alpha value is -3.14. The lowest BCUT2D eigenvalue weighted by Gasteiger charge is -2.08. The van der Waals surface area contributed by atoms with Crippen molar-refractivity contribution in [3.63, 3.8) is 0 Å². The van der Waals surface area contributed by atoms with Crippen LogP contribution in [-0.2, 0) is 13.1 Å². The first-order valence-electron chi connectivity index (χ1n) is 6.80. The number of nitrogens with zero attached hydrogens (tertiary/aromatic N) is 7. The molecule has 0 saturated heterocycles. The van der Waals surface area contributed by atoms with Crippen molar-refractivity contribution in [1.82, 2.24) is 30.0 Å². The number of nitro groups is 1. The zero-order valence-corrected chi connectivity index (χ0v) is 11.9. The molecule has 0 bridgehead atoms. The average molecular weight is 315 g/mol. The van der Waals surface area contributed by atoms with Gasteiger partial charge in [-0.2, -0.15) is 9.90 Å². The summed E-state index contributed by atoms with van der Waals surface area (Å²) < 4.78 is 1.30. The molecule has 1 atom stereocenters. The van der Waals surface area contributed by atoms with Crippen molar-refractivity contribution in [2.45, 2.75) is 19.2 Å². The standard InChI is InChI=1S/C13H13N7O3/c21-12(8-18-7-11(6-14-18)20(22)23)9-19-16-13(15-17-19)10-4-2-1-3-5-10/h1-7,12,21H,8-9H2/t12-/m1/s1. The summed E-state index contributed by atoms with van der Waals surface area (Å²) in [7, 11) is 0. The van der Waals surface area contributed by atoms with E-state index in [0.717, 1.165) is 11.8 Å². The fraction of sp³-hybridized carbons (Fsp3) is 0.231. The van der Waals surface area contributed by atoms with Gasteiger partial charge in [0, 0.05) is 5.56 Å². The van der Waals surface area contributed by atoms with Crippen LogP contribution < -0.4 is 0 Å². The summed E-state index contributed by atoms with van der Waals surface area (Å²) in [6.07, 6.45) is 1.54. The highest BCUT2D eigenvalue weighted by molar-refractivity contribution is 5.52. The van der Waals surface area contributed by atoms with Crippen molar-refractivity contribution in [2.24, 2.45) is 0 Å². The van der Waals surface area contributed by atoms with Crippen molar-refractivity contribution in [3.05, 3.63) is 52.8 Å². The maximum Gasteiger partial charge on any atom is 0.306 e. The monoisotopic (exact) mass is 315 g/mol. The minimum Gasteiger partial charge on any atom is -0.389 e. The van der Waals surface area contributed by atoms with E-state index in [2.05, 4.69) is 20.5 Å². The fourth-order valence-corrected chi connectivity index (χ4v) is 2.03. The summed E-state index contributed by atoms with van der Waals surface area (Å²) in [4.78, 5) is 11.3. The third kappa shape index (κ3) is 3.55. The van der Waals surface area contributed by atoms with Gasteiger partial charge >= 0.3 is 5.69 Å². The number of aliphatic hydroxyl groups is 1. The van der Waals surface area contributed by atoms with E-state index in [-0.39, 0.29) is 18.8 Å². The van der Waals surface area contributed by atoms with Crippen molar-refractivity contribution in [3.8, 4) is 11.4 Å². The van der Waals surface area contributed by atoms with Gasteiger partial charge in [-0.05, 0) is 5.21 Å². The lowest BCUT2D eigenvalue weighted by molar-refractivity contribution is -0.385. The first-order chi connectivity index (χ1) is 11.1. The van der Waals surface area contributed by atoms with Gasteiger partial charge in [0.15, 0.2) is 0 Å². The second-order valence-corrected chi connectivity index (χ2v) is 4.87. The van der Waals surface area contributed by atoms with Gasteiger partial charge in [0.25, 0.3) is 0 Å². The molecule has 118 valence electrons. The van der Waals surface area contributed by atoms with Gasteiger partial charge in [-0.1, -0.05) is 30.3 Å². The van der Waals surface area contributed by atoms with Crippen LogP contribution >= 0.6 is 0 Å². The molecular formula is C13H13N7O3. The molecule has 0 radical (unpaired) electrons. The number of benzene rings is 1. The Bertz CT molecular complexity index is 799. The Labute approximate surface area is 130 Å². The molecular weight excluding hydrogens is 302 g/mol. The molecule has 1 aromatic carbocycles. The molecule has 10 nitrogen and oxygen atoms in total. The number of hydrogen-bond acceptors (Lipinski definition) is 7.